The number of carbonyl (C=O) groups excluding carboxylic acids is 1. The second-order valence-corrected chi connectivity index (χ2v) is 7.42. The Bertz CT molecular complexity index is 900. The third kappa shape index (κ3) is 5.14. The maximum Gasteiger partial charge on any atom is 0.257 e. The number of amides is 1. The standard InChI is InChI=1S/C22H24N4O/c1-22(2,3)17-7-9-18(10-8-17)26-21(27)16-12-20(14-23-13-16)25-15-19-6-4-5-11-24-19/h4-14,25H,15H2,1-3H3,(H,26,27). The lowest BCUT2D eigenvalue weighted by Gasteiger charge is -2.19. The third-order valence-electron chi connectivity index (χ3n) is 4.21. The Kier molecular flexibility index (Phi) is 5.50. The van der Waals surface area contributed by atoms with E-state index in [0.29, 0.717) is 12.1 Å². The van der Waals surface area contributed by atoms with Crippen LogP contribution in [0.5, 0.6) is 0 Å². The normalized spacial score (nSPS) is 11.1. The summed E-state index contributed by atoms with van der Waals surface area (Å²) >= 11 is 0. The van der Waals surface area contributed by atoms with Crippen LogP contribution in [0.25, 0.3) is 0 Å². The van der Waals surface area contributed by atoms with Crippen LogP contribution in [0.3, 0.4) is 0 Å². The summed E-state index contributed by atoms with van der Waals surface area (Å²) in [6, 6.07) is 15.5. The number of nitrogens with one attached hydrogen (secondary N) is 2. The molecule has 0 aliphatic heterocycles. The number of nitrogens with zero attached hydrogens (tertiary/aromatic N) is 2. The van der Waals surface area contributed by atoms with Gasteiger partial charge in [-0.25, -0.2) is 0 Å². The largest absolute Gasteiger partial charge is 0.378 e. The lowest BCUT2D eigenvalue weighted by molar-refractivity contribution is 0.102. The molecular formula is C22H24N4O. The minimum atomic E-state index is -0.188. The Labute approximate surface area is 159 Å². The molecule has 0 unspecified atom stereocenters. The van der Waals surface area contributed by atoms with E-state index < -0.39 is 0 Å². The zero-order valence-electron chi connectivity index (χ0n) is 15.9. The maximum atomic E-state index is 12.5. The average Bonchev–Trinajstić information content (AvgIpc) is 2.67. The number of rotatable bonds is 5. The minimum absolute atomic E-state index is 0.0834. The van der Waals surface area contributed by atoms with E-state index in [-0.39, 0.29) is 11.3 Å². The van der Waals surface area contributed by atoms with Gasteiger partial charge in [0.2, 0.25) is 0 Å². The fourth-order valence-electron chi connectivity index (χ4n) is 2.61. The zero-order valence-corrected chi connectivity index (χ0v) is 15.9. The van der Waals surface area contributed by atoms with Gasteiger partial charge in [0.1, 0.15) is 0 Å². The summed E-state index contributed by atoms with van der Waals surface area (Å²) in [6.07, 6.45) is 5.01. The molecule has 0 aliphatic rings. The maximum absolute atomic E-state index is 12.5. The molecule has 1 aromatic carbocycles. The first-order valence-corrected chi connectivity index (χ1v) is 8.92. The second-order valence-electron chi connectivity index (χ2n) is 7.42. The zero-order chi connectivity index (χ0) is 19.3. The van der Waals surface area contributed by atoms with Crippen molar-refractivity contribution in [2.24, 2.45) is 0 Å². The molecule has 2 N–H and O–H groups in total. The van der Waals surface area contributed by atoms with E-state index in [1.807, 2.05) is 42.5 Å². The summed E-state index contributed by atoms with van der Waals surface area (Å²) < 4.78 is 0. The van der Waals surface area contributed by atoms with Gasteiger partial charge < -0.3 is 10.6 Å². The van der Waals surface area contributed by atoms with Crippen LogP contribution in [0.15, 0.2) is 67.1 Å². The van der Waals surface area contributed by atoms with Crippen molar-refractivity contribution >= 4 is 17.3 Å². The van der Waals surface area contributed by atoms with Gasteiger partial charge in [-0.05, 0) is 41.3 Å². The molecule has 27 heavy (non-hydrogen) atoms. The molecule has 5 heteroatoms. The molecule has 3 rings (SSSR count). The first-order chi connectivity index (χ1) is 12.9. The molecule has 0 fully saturated rings. The van der Waals surface area contributed by atoms with E-state index in [1.54, 1.807) is 24.7 Å². The molecular weight excluding hydrogens is 336 g/mol. The summed E-state index contributed by atoms with van der Waals surface area (Å²) in [7, 11) is 0. The molecule has 2 heterocycles. The minimum Gasteiger partial charge on any atom is -0.378 e. The molecule has 138 valence electrons. The monoisotopic (exact) mass is 360 g/mol. The van der Waals surface area contributed by atoms with Crippen LogP contribution in [0.4, 0.5) is 11.4 Å². The van der Waals surface area contributed by atoms with Gasteiger partial charge in [0.25, 0.3) is 5.91 Å². The van der Waals surface area contributed by atoms with Crippen molar-refractivity contribution in [2.45, 2.75) is 32.7 Å². The molecule has 3 aromatic rings. The Morgan fingerprint density at radius 2 is 1.78 bits per heavy atom. The van der Waals surface area contributed by atoms with Crippen molar-refractivity contribution in [3.8, 4) is 0 Å². The van der Waals surface area contributed by atoms with E-state index in [4.69, 9.17) is 0 Å². The molecule has 0 radical (unpaired) electrons. The SMILES string of the molecule is CC(C)(C)c1ccc(NC(=O)c2cncc(NCc3ccccn3)c2)cc1. The van der Waals surface area contributed by atoms with E-state index in [2.05, 4.69) is 41.4 Å². The van der Waals surface area contributed by atoms with Crippen molar-refractivity contribution in [3.05, 3.63) is 83.9 Å². The van der Waals surface area contributed by atoms with Crippen molar-refractivity contribution in [1.29, 1.82) is 0 Å². The summed E-state index contributed by atoms with van der Waals surface area (Å²) in [4.78, 5) is 21.0. The Balaban J connectivity index is 1.64. The first kappa shape index (κ1) is 18.6. The van der Waals surface area contributed by atoms with Crippen LogP contribution >= 0.6 is 0 Å². The smallest absolute Gasteiger partial charge is 0.257 e. The quantitative estimate of drug-likeness (QED) is 0.696. The highest BCUT2D eigenvalue weighted by molar-refractivity contribution is 6.04. The third-order valence-corrected chi connectivity index (χ3v) is 4.21. The van der Waals surface area contributed by atoms with E-state index >= 15 is 0 Å². The van der Waals surface area contributed by atoms with Gasteiger partial charge in [-0.3, -0.25) is 14.8 Å². The topological polar surface area (TPSA) is 66.9 Å². The molecule has 0 saturated carbocycles. The van der Waals surface area contributed by atoms with Gasteiger partial charge >= 0.3 is 0 Å². The number of hydrogen-bond acceptors (Lipinski definition) is 4. The Hall–Kier alpha value is -3.21. The molecule has 0 aliphatic carbocycles. The summed E-state index contributed by atoms with van der Waals surface area (Å²) in [5, 5.41) is 6.16. The van der Waals surface area contributed by atoms with Crippen molar-refractivity contribution < 1.29 is 4.79 Å². The van der Waals surface area contributed by atoms with Crippen molar-refractivity contribution in [2.75, 3.05) is 10.6 Å². The molecule has 2 aromatic heterocycles. The van der Waals surface area contributed by atoms with Crippen LogP contribution < -0.4 is 10.6 Å². The number of carbonyl (C=O) groups is 1. The van der Waals surface area contributed by atoms with Crippen LogP contribution in [0.1, 0.15) is 42.4 Å². The van der Waals surface area contributed by atoms with Crippen molar-refractivity contribution in [3.63, 3.8) is 0 Å². The molecule has 0 bridgehead atoms. The Morgan fingerprint density at radius 3 is 2.44 bits per heavy atom. The molecule has 1 amide bonds. The highest BCUT2D eigenvalue weighted by Gasteiger charge is 2.13. The van der Waals surface area contributed by atoms with Gasteiger partial charge in [-0.2, -0.15) is 0 Å². The van der Waals surface area contributed by atoms with E-state index in [0.717, 1.165) is 17.1 Å². The predicted octanol–water partition coefficient (Wildman–Crippen LogP) is 4.64. The van der Waals surface area contributed by atoms with Gasteiger partial charge in [0.15, 0.2) is 0 Å². The fourth-order valence-corrected chi connectivity index (χ4v) is 2.61. The number of hydrogen-bond donors (Lipinski definition) is 2. The predicted molar refractivity (Wildman–Crippen MR) is 109 cm³/mol. The molecule has 5 nitrogen and oxygen atoms in total. The number of anilines is 2. The summed E-state index contributed by atoms with van der Waals surface area (Å²) in [5.74, 6) is -0.188. The lowest BCUT2D eigenvalue weighted by Crippen LogP contribution is -2.14. The second kappa shape index (κ2) is 7.99. The first-order valence-electron chi connectivity index (χ1n) is 8.92. The molecule has 0 saturated heterocycles. The van der Waals surface area contributed by atoms with Gasteiger partial charge in [-0.1, -0.05) is 39.0 Å². The van der Waals surface area contributed by atoms with Crippen LogP contribution in [0, 0.1) is 0 Å². The fraction of sp³-hybridized carbons (Fsp3) is 0.227. The van der Waals surface area contributed by atoms with Crippen molar-refractivity contribution in [1.82, 2.24) is 9.97 Å². The van der Waals surface area contributed by atoms with Gasteiger partial charge in [0.05, 0.1) is 23.5 Å². The number of aromatic nitrogens is 2. The van der Waals surface area contributed by atoms with E-state index in [1.165, 1.54) is 5.56 Å². The van der Waals surface area contributed by atoms with Crippen LogP contribution in [-0.2, 0) is 12.0 Å². The Morgan fingerprint density at radius 1 is 1.00 bits per heavy atom. The van der Waals surface area contributed by atoms with Crippen LogP contribution in [0.2, 0.25) is 0 Å². The average molecular weight is 360 g/mol. The lowest BCUT2D eigenvalue weighted by atomic mass is 9.87. The molecule has 0 atom stereocenters. The highest BCUT2D eigenvalue weighted by Crippen LogP contribution is 2.23. The number of pyridine rings is 2. The highest BCUT2D eigenvalue weighted by atomic mass is 16.1. The number of benzene rings is 1. The summed E-state index contributed by atoms with van der Waals surface area (Å²) in [5.41, 5.74) is 4.27. The van der Waals surface area contributed by atoms with Gasteiger partial charge in [0, 0.05) is 24.3 Å². The van der Waals surface area contributed by atoms with E-state index in [9.17, 15) is 4.79 Å². The molecule has 0 spiro atoms. The summed E-state index contributed by atoms with van der Waals surface area (Å²) in [6.45, 7) is 7.06. The van der Waals surface area contributed by atoms with Crippen LogP contribution in [-0.4, -0.2) is 15.9 Å². The van der Waals surface area contributed by atoms with Gasteiger partial charge in [-0.15, -0.1) is 0 Å².